The van der Waals surface area contributed by atoms with Gasteiger partial charge < -0.3 is 15.4 Å². The molecule has 96 valence electrons. The van der Waals surface area contributed by atoms with Gasteiger partial charge in [0.05, 0.1) is 12.3 Å². The van der Waals surface area contributed by atoms with Gasteiger partial charge >= 0.3 is 0 Å². The van der Waals surface area contributed by atoms with E-state index in [1.165, 1.54) is 6.07 Å². The molecular formula is C13H21FN2O. The van der Waals surface area contributed by atoms with Gasteiger partial charge in [-0.1, -0.05) is 12.1 Å². The number of benzene rings is 1. The molecule has 3 nitrogen and oxygen atoms in total. The number of likely N-dealkylation sites (N-methyl/N-ethyl adjacent to an activating group) is 1. The highest BCUT2D eigenvalue weighted by atomic mass is 19.1. The first kappa shape index (κ1) is 13.9. The number of anilines is 1. The summed E-state index contributed by atoms with van der Waals surface area (Å²) < 4.78 is 19.0. The Bertz CT molecular complexity index is 344. The molecule has 0 amide bonds. The molecule has 0 saturated carbocycles. The number of nitrogens with zero attached hydrogens (tertiary/aromatic N) is 1. The second-order valence-electron chi connectivity index (χ2n) is 3.86. The van der Waals surface area contributed by atoms with Crippen molar-refractivity contribution in [1.29, 1.82) is 0 Å². The summed E-state index contributed by atoms with van der Waals surface area (Å²) in [6, 6.07) is 5.15. The highest BCUT2D eigenvalue weighted by Crippen LogP contribution is 2.24. The summed E-state index contributed by atoms with van der Waals surface area (Å²) in [7, 11) is 1.65. The molecular weight excluding hydrogens is 219 g/mol. The first-order chi connectivity index (χ1) is 8.24. The van der Waals surface area contributed by atoms with Crippen LogP contribution in [0.3, 0.4) is 0 Å². The minimum atomic E-state index is -0.186. The van der Waals surface area contributed by atoms with Gasteiger partial charge in [-0.15, -0.1) is 0 Å². The zero-order valence-electron chi connectivity index (χ0n) is 10.6. The van der Waals surface area contributed by atoms with Crippen molar-refractivity contribution in [3.05, 3.63) is 29.6 Å². The Morgan fingerprint density at radius 1 is 1.41 bits per heavy atom. The molecule has 0 unspecified atom stereocenters. The summed E-state index contributed by atoms with van der Waals surface area (Å²) in [5, 5.41) is 0. The fourth-order valence-corrected chi connectivity index (χ4v) is 1.90. The van der Waals surface area contributed by atoms with E-state index >= 15 is 0 Å². The lowest BCUT2D eigenvalue weighted by atomic mass is 10.1. The maximum absolute atomic E-state index is 13.9. The summed E-state index contributed by atoms with van der Waals surface area (Å²) in [5.74, 6) is -0.186. The number of ether oxygens (including phenoxy) is 1. The molecule has 0 radical (unpaired) electrons. The van der Waals surface area contributed by atoms with Crippen LogP contribution in [-0.4, -0.2) is 33.4 Å². The summed E-state index contributed by atoms with van der Waals surface area (Å²) in [5.41, 5.74) is 7.18. The predicted molar refractivity (Wildman–Crippen MR) is 68.9 cm³/mol. The molecule has 0 heterocycles. The minimum Gasteiger partial charge on any atom is -0.383 e. The van der Waals surface area contributed by atoms with Crippen molar-refractivity contribution in [2.75, 3.05) is 38.3 Å². The first-order valence-corrected chi connectivity index (χ1v) is 5.95. The van der Waals surface area contributed by atoms with E-state index in [4.69, 9.17) is 10.5 Å². The normalized spacial score (nSPS) is 10.6. The molecule has 0 spiro atoms. The molecule has 1 aromatic rings. The van der Waals surface area contributed by atoms with Crippen LogP contribution >= 0.6 is 0 Å². The Morgan fingerprint density at radius 3 is 2.76 bits per heavy atom. The van der Waals surface area contributed by atoms with E-state index in [0.29, 0.717) is 31.8 Å². The Labute approximate surface area is 102 Å². The van der Waals surface area contributed by atoms with E-state index in [9.17, 15) is 4.39 Å². The number of nitrogens with two attached hydrogens (primary N) is 1. The van der Waals surface area contributed by atoms with Gasteiger partial charge in [0.25, 0.3) is 0 Å². The zero-order chi connectivity index (χ0) is 12.7. The largest absolute Gasteiger partial charge is 0.383 e. The molecule has 0 aliphatic carbocycles. The van der Waals surface area contributed by atoms with Crippen LogP contribution in [0.4, 0.5) is 10.1 Å². The van der Waals surface area contributed by atoms with Crippen molar-refractivity contribution in [1.82, 2.24) is 0 Å². The number of rotatable bonds is 7. The summed E-state index contributed by atoms with van der Waals surface area (Å²) in [6.07, 6.45) is 0.691. The minimum absolute atomic E-state index is 0.186. The van der Waals surface area contributed by atoms with Gasteiger partial charge in [-0.3, -0.25) is 0 Å². The molecule has 4 heteroatoms. The van der Waals surface area contributed by atoms with Crippen molar-refractivity contribution in [3.8, 4) is 0 Å². The molecule has 1 rings (SSSR count). The maximum atomic E-state index is 13.9. The number of hydrogen-bond acceptors (Lipinski definition) is 3. The maximum Gasteiger partial charge on any atom is 0.146 e. The zero-order valence-corrected chi connectivity index (χ0v) is 10.6. The van der Waals surface area contributed by atoms with E-state index in [0.717, 1.165) is 12.1 Å². The summed E-state index contributed by atoms with van der Waals surface area (Å²) in [6.45, 7) is 4.56. The van der Waals surface area contributed by atoms with Gasteiger partial charge in [0, 0.05) is 20.2 Å². The predicted octanol–water partition coefficient (Wildman–Crippen LogP) is 1.80. The molecule has 2 N–H and O–H groups in total. The van der Waals surface area contributed by atoms with E-state index in [1.807, 2.05) is 17.9 Å². The number of hydrogen-bond donors (Lipinski definition) is 1. The highest BCUT2D eigenvalue weighted by Gasteiger charge is 2.14. The van der Waals surface area contributed by atoms with Crippen LogP contribution in [0, 0.1) is 5.82 Å². The van der Waals surface area contributed by atoms with Gasteiger partial charge in [-0.2, -0.15) is 0 Å². The van der Waals surface area contributed by atoms with Gasteiger partial charge in [-0.25, -0.2) is 4.39 Å². The lowest BCUT2D eigenvalue weighted by molar-refractivity contribution is 0.205. The van der Waals surface area contributed by atoms with Crippen molar-refractivity contribution in [3.63, 3.8) is 0 Å². The smallest absolute Gasteiger partial charge is 0.146 e. The second-order valence-corrected chi connectivity index (χ2v) is 3.86. The van der Waals surface area contributed by atoms with Gasteiger partial charge in [-0.05, 0) is 31.5 Å². The molecule has 0 saturated heterocycles. The Hall–Kier alpha value is -1.13. The molecule has 17 heavy (non-hydrogen) atoms. The van der Waals surface area contributed by atoms with Crippen molar-refractivity contribution in [2.45, 2.75) is 13.3 Å². The molecule has 0 aromatic heterocycles. The second kappa shape index (κ2) is 7.25. The quantitative estimate of drug-likeness (QED) is 0.790. The van der Waals surface area contributed by atoms with Crippen LogP contribution < -0.4 is 10.6 Å². The van der Waals surface area contributed by atoms with Crippen LogP contribution in [0.1, 0.15) is 12.5 Å². The van der Waals surface area contributed by atoms with Crippen LogP contribution in [-0.2, 0) is 11.2 Å². The van der Waals surface area contributed by atoms with Crippen molar-refractivity contribution in [2.24, 2.45) is 5.73 Å². The Balaban J connectivity index is 2.98. The van der Waals surface area contributed by atoms with Gasteiger partial charge in [0.2, 0.25) is 0 Å². The van der Waals surface area contributed by atoms with E-state index in [1.54, 1.807) is 13.2 Å². The Kier molecular flexibility index (Phi) is 5.94. The van der Waals surface area contributed by atoms with Gasteiger partial charge in [0.1, 0.15) is 5.82 Å². The molecule has 0 bridgehead atoms. The van der Waals surface area contributed by atoms with Crippen molar-refractivity contribution >= 4 is 5.69 Å². The third-order valence-corrected chi connectivity index (χ3v) is 2.75. The number of methoxy groups -OCH3 is 1. The lowest BCUT2D eigenvalue weighted by Crippen LogP contribution is -2.29. The fraction of sp³-hybridized carbons (Fsp3) is 0.538. The molecule has 0 atom stereocenters. The third kappa shape index (κ3) is 3.68. The fourth-order valence-electron chi connectivity index (χ4n) is 1.90. The van der Waals surface area contributed by atoms with E-state index in [-0.39, 0.29) is 5.82 Å². The van der Waals surface area contributed by atoms with E-state index < -0.39 is 0 Å². The number of para-hydroxylation sites is 1. The van der Waals surface area contributed by atoms with E-state index in [2.05, 4.69) is 0 Å². The average molecular weight is 240 g/mol. The number of halogens is 1. The summed E-state index contributed by atoms with van der Waals surface area (Å²) >= 11 is 0. The highest BCUT2D eigenvalue weighted by molar-refractivity contribution is 5.55. The lowest BCUT2D eigenvalue weighted by Gasteiger charge is -2.25. The topological polar surface area (TPSA) is 38.5 Å². The van der Waals surface area contributed by atoms with Gasteiger partial charge in [0.15, 0.2) is 0 Å². The molecule has 0 aliphatic heterocycles. The molecule has 1 aromatic carbocycles. The average Bonchev–Trinajstić information content (AvgIpc) is 2.33. The standard InChI is InChI=1S/C13H21FN2O/c1-3-16(9-10-17-2)13-11(7-8-15)5-4-6-12(13)14/h4-6H,3,7-10,15H2,1-2H3. The van der Waals surface area contributed by atoms with Crippen LogP contribution in [0.15, 0.2) is 18.2 Å². The van der Waals surface area contributed by atoms with Crippen molar-refractivity contribution < 1.29 is 9.13 Å². The summed E-state index contributed by atoms with van der Waals surface area (Å²) in [4.78, 5) is 1.99. The van der Waals surface area contributed by atoms with Crippen LogP contribution in [0.2, 0.25) is 0 Å². The van der Waals surface area contributed by atoms with Crippen LogP contribution in [0.25, 0.3) is 0 Å². The first-order valence-electron chi connectivity index (χ1n) is 5.95. The molecule has 0 aliphatic rings. The monoisotopic (exact) mass is 240 g/mol. The molecule has 0 fully saturated rings. The third-order valence-electron chi connectivity index (χ3n) is 2.75. The SMILES string of the molecule is CCN(CCOC)c1c(F)cccc1CCN. The van der Waals surface area contributed by atoms with Crippen LogP contribution in [0.5, 0.6) is 0 Å². The Morgan fingerprint density at radius 2 is 2.18 bits per heavy atom.